The quantitative estimate of drug-likeness (QED) is 0.634. The minimum atomic E-state index is -0.124. The number of halogens is 1. The van der Waals surface area contributed by atoms with Gasteiger partial charge in [-0.1, -0.05) is 22.0 Å². The fourth-order valence-corrected chi connectivity index (χ4v) is 3.58. The molecular formula is C20H28BrN3O3. The molecule has 1 unspecified atom stereocenters. The molecule has 1 heterocycles. The first-order valence-electron chi connectivity index (χ1n) is 9.73. The number of rotatable bonds is 8. The van der Waals surface area contributed by atoms with Crippen LogP contribution in [0.2, 0.25) is 0 Å². The Kier molecular flexibility index (Phi) is 7.13. The van der Waals surface area contributed by atoms with Crippen LogP contribution in [0.5, 0.6) is 5.75 Å². The summed E-state index contributed by atoms with van der Waals surface area (Å²) in [6.07, 6.45) is 3.40. The Bertz CT molecular complexity index is 658. The van der Waals surface area contributed by atoms with Crippen molar-refractivity contribution in [3.05, 3.63) is 28.7 Å². The van der Waals surface area contributed by atoms with Gasteiger partial charge in [0.1, 0.15) is 5.75 Å². The summed E-state index contributed by atoms with van der Waals surface area (Å²) in [4.78, 5) is 28.6. The molecule has 2 aliphatic rings. The molecule has 1 aromatic rings. The number of hydrogen-bond donors (Lipinski definition) is 1. The number of ether oxygens (including phenoxy) is 1. The van der Waals surface area contributed by atoms with E-state index in [-0.39, 0.29) is 17.9 Å². The number of benzene rings is 1. The zero-order valence-electron chi connectivity index (χ0n) is 15.8. The van der Waals surface area contributed by atoms with Crippen LogP contribution in [-0.2, 0) is 9.59 Å². The zero-order valence-corrected chi connectivity index (χ0v) is 17.4. The monoisotopic (exact) mass is 437 g/mol. The van der Waals surface area contributed by atoms with Gasteiger partial charge in [-0.15, -0.1) is 0 Å². The molecule has 1 saturated heterocycles. The second kappa shape index (κ2) is 9.55. The largest absolute Gasteiger partial charge is 0.494 e. The molecule has 1 atom stereocenters. The van der Waals surface area contributed by atoms with Gasteiger partial charge in [0.2, 0.25) is 11.8 Å². The normalized spacial score (nSPS) is 18.8. The van der Waals surface area contributed by atoms with Gasteiger partial charge in [-0.05, 0) is 44.4 Å². The van der Waals surface area contributed by atoms with E-state index in [2.05, 4.69) is 26.1 Å². The standard InChI is InChI=1S/C20H28BrN3O3/c1-15(20(26)22-17-7-8-17)23-9-11-24(12-10-23)19(25)6-3-13-27-18-5-2-4-16(21)14-18/h2,4-5,14-15,17H,3,6-13H2,1H3,(H,22,26). The van der Waals surface area contributed by atoms with E-state index < -0.39 is 0 Å². The minimum absolute atomic E-state index is 0.113. The second-order valence-corrected chi connectivity index (χ2v) is 8.20. The number of carbonyl (C=O) groups is 2. The van der Waals surface area contributed by atoms with E-state index in [1.165, 1.54) is 0 Å². The van der Waals surface area contributed by atoms with Crippen molar-refractivity contribution in [2.24, 2.45) is 0 Å². The molecule has 1 N–H and O–H groups in total. The molecule has 0 radical (unpaired) electrons. The second-order valence-electron chi connectivity index (χ2n) is 7.28. The Morgan fingerprint density at radius 3 is 2.67 bits per heavy atom. The van der Waals surface area contributed by atoms with Gasteiger partial charge in [-0.25, -0.2) is 0 Å². The number of hydrogen-bond acceptors (Lipinski definition) is 4. The SMILES string of the molecule is CC(C(=O)NC1CC1)N1CCN(C(=O)CCCOc2cccc(Br)c2)CC1. The number of nitrogens with one attached hydrogen (secondary N) is 1. The maximum atomic E-state index is 12.4. The number of piperazine rings is 1. The van der Waals surface area contributed by atoms with Gasteiger partial charge in [0.15, 0.2) is 0 Å². The number of amides is 2. The molecule has 1 aromatic carbocycles. The van der Waals surface area contributed by atoms with Crippen molar-refractivity contribution >= 4 is 27.7 Å². The van der Waals surface area contributed by atoms with Crippen molar-refractivity contribution in [1.29, 1.82) is 0 Å². The van der Waals surface area contributed by atoms with Crippen LogP contribution in [0.25, 0.3) is 0 Å². The molecule has 7 heteroatoms. The molecule has 27 heavy (non-hydrogen) atoms. The van der Waals surface area contributed by atoms with E-state index in [1.54, 1.807) is 0 Å². The van der Waals surface area contributed by atoms with Crippen LogP contribution in [-0.4, -0.2) is 66.5 Å². The summed E-state index contributed by atoms with van der Waals surface area (Å²) in [5, 5.41) is 3.06. The van der Waals surface area contributed by atoms with Crippen LogP contribution in [0, 0.1) is 0 Å². The fraction of sp³-hybridized carbons (Fsp3) is 0.600. The Labute approximate surface area is 169 Å². The van der Waals surface area contributed by atoms with Gasteiger partial charge in [0.25, 0.3) is 0 Å². The van der Waals surface area contributed by atoms with Crippen LogP contribution in [0.15, 0.2) is 28.7 Å². The van der Waals surface area contributed by atoms with Crippen molar-refractivity contribution in [2.75, 3.05) is 32.8 Å². The number of nitrogens with zero attached hydrogens (tertiary/aromatic N) is 2. The maximum Gasteiger partial charge on any atom is 0.237 e. The average Bonchev–Trinajstić information content (AvgIpc) is 3.48. The highest BCUT2D eigenvalue weighted by atomic mass is 79.9. The summed E-state index contributed by atoms with van der Waals surface area (Å²) in [5.74, 6) is 1.09. The summed E-state index contributed by atoms with van der Waals surface area (Å²) in [6, 6.07) is 7.97. The minimum Gasteiger partial charge on any atom is -0.494 e. The van der Waals surface area contributed by atoms with Crippen molar-refractivity contribution < 1.29 is 14.3 Å². The first-order valence-corrected chi connectivity index (χ1v) is 10.5. The lowest BCUT2D eigenvalue weighted by Gasteiger charge is -2.37. The predicted molar refractivity (Wildman–Crippen MR) is 108 cm³/mol. The third-order valence-electron chi connectivity index (χ3n) is 5.12. The highest BCUT2D eigenvalue weighted by Crippen LogP contribution is 2.20. The lowest BCUT2D eigenvalue weighted by atomic mass is 10.2. The molecule has 2 amide bonds. The van der Waals surface area contributed by atoms with Gasteiger partial charge in [-0.3, -0.25) is 14.5 Å². The van der Waals surface area contributed by atoms with Crippen molar-refractivity contribution in [2.45, 2.75) is 44.7 Å². The molecule has 2 fully saturated rings. The Morgan fingerprint density at radius 2 is 2.00 bits per heavy atom. The molecule has 3 rings (SSSR count). The van der Waals surface area contributed by atoms with E-state index in [9.17, 15) is 9.59 Å². The molecule has 0 bridgehead atoms. The van der Waals surface area contributed by atoms with E-state index in [4.69, 9.17) is 4.74 Å². The van der Waals surface area contributed by atoms with E-state index >= 15 is 0 Å². The predicted octanol–water partition coefficient (Wildman–Crippen LogP) is 2.42. The van der Waals surface area contributed by atoms with E-state index in [0.717, 1.165) is 36.2 Å². The molecule has 1 aliphatic heterocycles. The molecule has 0 spiro atoms. The molecule has 1 saturated carbocycles. The van der Waals surface area contributed by atoms with Crippen LogP contribution >= 0.6 is 15.9 Å². The van der Waals surface area contributed by atoms with Gasteiger partial charge in [-0.2, -0.15) is 0 Å². The van der Waals surface area contributed by atoms with Crippen LogP contribution < -0.4 is 10.1 Å². The average molecular weight is 438 g/mol. The first kappa shape index (κ1) is 20.1. The molecule has 0 aromatic heterocycles. The summed E-state index contributed by atoms with van der Waals surface area (Å²) in [7, 11) is 0. The zero-order chi connectivity index (χ0) is 19.2. The Morgan fingerprint density at radius 1 is 1.26 bits per heavy atom. The van der Waals surface area contributed by atoms with E-state index in [1.807, 2.05) is 36.1 Å². The first-order chi connectivity index (χ1) is 13.0. The van der Waals surface area contributed by atoms with Gasteiger partial charge in [0, 0.05) is 43.1 Å². The molecule has 6 nitrogen and oxygen atoms in total. The summed E-state index contributed by atoms with van der Waals surface area (Å²) < 4.78 is 6.66. The lowest BCUT2D eigenvalue weighted by Crippen LogP contribution is -2.55. The summed E-state index contributed by atoms with van der Waals surface area (Å²) in [5.41, 5.74) is 0. The fourth-order valence-electron chi connectivity index (χ4n) is 3.20. The van der Waals surface area contributed by atoms with Crippen molar-refractivity contribution in [3.8, 4) is 5.75 Å². The van der Waals surface area contributed by atoms with Gasteiger partial charge >= 0.3 is 0 Å². The smallest absolute Gasteiger partial charge is 0.237 e. The van der Waals surface area contributed by atoms with E-state index in [0.29, 0.717) is 38.6 Å². The summed E-state index contributed by atoms with van der Waals surface area (Å²) in [6.45, 7) is 5.35. The van der Waals surface area contributed by atoms with Crippen LogP contribution in [0.1, 0.15) is 32.6 Å². The molecule has 148 valence electrons. The van der Waals surface area contributed by atoms with Gasteiger partial charge in [0.05, 0.1) is 12.6 Å². The van der Waals surface area contributed by atoms with Crippen molar-refractivity contribution in [1.82, 2.24) is 15.1 Å². The summed E-state index contributed by atoms with van der Waals surface area (Å²) >= 11 is 3.42. The number of carbonyl (C=O) groups excluding carboxylic acids is 2. The molecule has 1 aliphatic carbocycles. The highest BCUT2D eigenvalue weighted by molar-refractivity contribution is 9.10. The van der Waals surface area contributed by atoms with Crippen molar-refractivity contribution in [3.63, 3.8) is 0 Å². The highest BCUT2D eigenvalue weighted by Gasteiger charge is 2.30. The van der Waals surface area contributed by atoms with Crippen LogP contribution in [0.4, 0.5) is 0 Å². The lowest BCUT2D eigenvalue weighted by molar-refractivity contribution is -0.134. The third kappa shape index (κ3) is 6.21. The third-order valence-corrected chi connectivity index (χ3v) is 5.61. The Hall–Kier alpha value is -1.60. The molecular weight excluding hydrogens is 410 g/mol. The topological polar surface area (TPSA) is 61.9 Å². The Balaban J connectivity index is 1.32. The van der Waals surface area contributed by atoms with Gasteiger partial charge < -0.3 is 15.0 Å². The van der Waals surface area contributed by atoms with Crippen LogP contribution in [0.3, 0.4) is 0 Å². The maximum absolute atomic E-state index is 12.4.